The van der Waals surface area contributed by atoms with Crippen LogP contribution in [0, 0.1) is 16.7 Å². The Hall–Kier alpha value is -3.42. The molecule has 1 aliphatic heterocycles. The van der Waals surface area contributed by atoms with E-state index in [0.717, 1.165) is 6.42 Å². The average Bonchev–Trinajstić information content (AvgIpc) is 3.33. The van der Waals surface area contributed by atoms with Gasteiger partial charge in [0.2, 0.25) is 5.88 Å². The summed E-state index contributed by atoms with van der Waals surface area (Å²) in [4.78, 5) is 8.15. The number of hydrogen-bond acceptors (Lipinski definition) is 9. The number of hydrogen-bond donors (Lipinski definition) is 3. The lowest BCUT2D eigenvalue weighted by Crippen LogP contribution is -2.19. The number of anilines is 1. The van der Waals surface area contributed by atoms with Gasteiger partial charge in [0.15, 0.2) is 6.23 Å². The molecule has 3 aromatic rings. The van der Waals surface area contributed by atoms with Crippen molar-refractivity contribution in [3.8, 4) is 17.7 Å². The molecule has 11 heteroatoms. The highest BCUT2D eigenvalue weighted by molar-refractivity contribution is 6.35. The molecule has 0 bridgehead atoms. The van der Waals surface area contributed by atoms with Crippen LogP contribution in [0.3, 0.4) is 0 Å². The predicted molar refractivity (Wildman–Crippen MR) is 127 cm³/mol. The monoisotopic (exact) mass is 498 g/mol. The van der Waals surface area contributed by atoms with Gasteiger partial charge in [-0.25, -0.2) is 4.98 Å². The van der Waals surface area contributed by atoms with Crippen molar-refractivity contribution in [2.75, 3.05) is 18.9 Å². The van der Waals surface area contributed by atoms with E-state index in [1.54, 1.807) is 18.2 Å². The number of nitriles is 1. The zero-order valence-corrected chi connectivity index (χ0v) is 19.3. The molecule has 174 valence electrons. The summed E-state index contributed by atoms with van der Waals surface area (Å²) in [6.45, 7) is 1.06. The van der Waals surface area contributed by atoms with Gasteiger partial charge in [-0.05, 0) is 24.3 Å². The fraction of sp³-hybridized carbons (Fsp3) is 0.217. The Bertz CT molecular complexity index is 1250. The van der Waals surface area contributed by atoms with Crippen LogP contribution in [0.4, 0.5) is 5.69 Å². The predicted octanol–water partition coefficient (Wildman–Crippen LogP) is 3.86. The molecular weight excluding hydrogens is 479 g/mol. The zero-order valence-electron chi connectivity index (χ0n) is 17.8. The first-order valence-corrected chi connectivity index (χ1v) is 11.0. The molecule has 2 aromatic heterocycles. The minimum Gasteiger partial charge on any atom is -0.471 e. The van der Waals surface area contributed by atoms with Crippen LogP contribution in [0.25, 0.3) is 0 Å². The number of nitrogen functional groups attached to an aromatic ring is 1. The van der Waals surface area contributed by atoms with Gasteiger partial charge in [-0.3, -0.25) is 16.1 Å². The first kappa shape index (κ1) is 23.7. The largest absolute Gasteiger partial charge is 0.471 e. The molecule has 9 nitrogen and oxygen atoms in total. The van der Waals surface area contributed by atoms with Crippen molar-refractivity contribution >= 4 is 34.6 Å². The number of ether oxygens (including phenoxy) is 3. The minimum absolute atomic E-state index is 0.0521. The Morgan fingerprint density at radius 2 is 2.00 bits per heavy atom. The van der Waals surface area contributed by atoms with Crippen LogP contribution in [0.2, 0.25) is 10.0 Å². The Morgan fingerprint density at radius 3 is 2.68 bits per heavy atom. The lowest BCUT2D eigenvalue weighted by atomic mass is 10.0. The van der Waals surface area contributed by atoms with E-state index in [-0.39, 0.29) is 33.3 Å². The Balaban J connectivity index is 1.58. The maximum Gasteiger partial charge on any atom is 0.232 e. The quantitative estimate of drug-likeness (QED) is 0.252. The number of nitrogens with two attached hydrogens (primary N) is 2. The molecule has 4 rings (SSSR count). The molecule has 0 aliphatic carbocycles. The molecule has 0 unspecified atom stereocenters. The van der Waals surface area contributed by atoms with Gasteiger partial charge in [0, 0.05) is 47.4 Å². The molecule has 0 radical (unpaired) electrons. The molecule has 1 fully saturated rings. The van der Waals surface area contributed by atoms with E-state index < -0.39 is 6.23 Å². The smallest absolute Gasteiger partial charge is 0.232 e. The van der Waals surface area contributed by atoms with Crippen molar-refractivity contribution in [2.24, 2.45) is 5.73 Å². The van der Waals surface area contributed by atoms with Crippen LogP contribution in [-0.4, -0.2) is 35.0 Å². The van der Waals surface area contributed by atoms with Crippen molar-refractivity contribution in [1.29, 1.82) is 10.7 Å². The van der Waals surface area contributed by atoms with Gasteiger partial charge >= 0.3 is 0 Å². The molecule has 0 amide bonds. The Kier molecular flexibility index (Phi) is 7.14. The molecule has 1 aliphatic rings. The van der Waals surface area contributed by atoms with Crippen LogP contribution in [0.1, 0.15) is 34.9 Å². The summed E-state index contributed by atoms with van der Waals surface area (Å²) in [6.07, 6.45) is 3.90. The number of aromatic nitrogens is 2. The van der Waals surface area contributed by atoms with Crippen molar-refractivity contribution in [2.45, 2.75) is 18.8 Å². The van der Waals surface area contributed by atoms with Crippen LogP contribution < -0.4 is 20.9 Å². The second-order valence-corrected chi connectivity index (χ2v) is 8.29. The molecule has 5 N–H and O–H groups in total. The van der Waals surface area contributed by atoms with E-state index >= 15 is 0 Å². The van der Waals surface area contributed by atoms with E-state index in [1.807, 2.05) is 0 Å². The number of nitrogens with one attached hydrogen (secondary N) is 1. The summed E-state index contributed by atoms with van der Waals surface area (Å²) in [5.41, 5.74) is 14.0. The summed E-state index contributed by atoms with van der Waals surface area (Å²) in [6, 6.07) is 8.40. The first-order valence-electron chi connectivity index (χ1n) is 10.2. The highest BCUT2D eigenvalue weighted by atomic mass is 35.5. The Morgan fingerprint density at radius 1 is 1.24 bits per heavy atom. The third-order valence-corrected chi connectivity index (χ3v) is 5.76. The first-order chi connectivity index (χ1) is 16.4. The van der Waals surface area contributed by atoms with E-state index in [4.69, 9.17) is 54.3 Å². The van der Waals surface area contributed by atoms with Gasteiger partial charge in [0.05, 0.1) is 29.0 Å². The third-order valence-electron chi connectivity index (χ3n) is 5.16. The summed E-state index contributed by atoms with van der Waals surface area (Å²) in [5, 5.41) is 18.8. The van der Waals surface area contributed by atoms with Gasteiger partial charge in [0.25, 0.3) is 0 Å². The molecular formula is C23H20Cl2N6O3. The fourth-order valence-corrected chi connectivity index (χ4v) is 3.99. The second kappa shape index (κ2) is 10.2. The molecule has 1 saturated heterocycles. The molecule has 2 atom stereocenters. The molecule has 0 spiro atoms. The maximum absolute atomic E-state index is 9.56. The van der Waals surface area contributed by atoms with Gasteiger partial charge < -0.3 is 19.9 Å². The summed E-state index contributed by atoms with van der Waals surface area (Å²) in [7, 11) is 0. The molecule has 3 heterocycles. The number of halogens is 2. The zero-order chi connectivity index (χ0) is 24.2. The lowest BCUT2D eigenvalue weighted by molar-refractivity contribution is 0.138. The molecule has 34 heavy (non-hydrogen) atoms. The maximum atomic E-state index is 9.56. The number of nitrogens with zero attached hydrogens (tertiary/aromatic N) is 3. The molecule has 1 aromatic carbocycles. The van der Waals surface area contributed by atoms with Gasteiger partial charge in [-0.2, -0.15) is 5.26 Å². The molecule has 0 saturated carbocycles. The number of rotatable bonds is 7. The van der Waals surface area contributed by atoms with E-state index in [1.165, 1.54) is 24.7 Å². The van der Waals surface area contributed by atoms with Crippen molar-refractivity contribution < 1.29 is 14.2 Å². The topological polar surface area (TPSA) is 153 Å². The number of pyridine rings is 2. The normalized spacial score (nSPS) is 16.0. The third kappa shape index (κ3) is 5.05. The minimum atomic E-state index is -0.975. The van der Waals surface area contributed by atoms with Crippen LogP contribution in [0.15, 0.2) is 42.9 Å². The summed E-state index contributed by atoms with van der Waals surface area (Å²) < 4.78 is 16.9. The number of benzene rings is 1. The average molecular weight is 499 g/mol. The van der Waals surface area contributed by atoms with Gasteiger partial charge in [-0.15, -0.1) is 0 Å². The van der Waals surface area contributed by atoms with E-state index in [0.29, 0.717) is 41.3 Å². The second-order valence-electron chi connectivity index (χ2n) is 7.47. The van der Waals surface area contributed by atoms with Gasteiger partial charge in [0.1, 0.15) is 23.5 Å². The highest BCUT2D eigenvalue weighted by Gasteiger charge is 2.21. The van der Waals surface area contributed by atoms with Crippen LogP contribution in [-0.2, 0) is 4.74 Å². The lowest BCUT2D eigenvalue weighted by Gasteiger charge is -2.18. The van der Waals surface area contributed by atoms with Gasteiger partial charge in [-0.1, -0.05) is 23.2 Å². The SMILES string of the molecule is N#Cc1cc(C(=N)c2cc(O[C@H](N)c3c(Cl)cncc3Cl)ccc2N)cnc1O[C@H]1CCOC1. The fourth-order valence-electron chi connectivity index (χ4n) is 3.41. The summed E-state index contributed by atoms with van der Waals surface area (Å²) in [5.74, 6) is 0.553. The highest BCUT2D eigenvalue weighted by Crippen LogP contribution is 2.31. The van der Waals surface area contributed by atoms with Crippen molar-refractivity contribution in [3.63, 3.8) is 0 Å². The standard InChI is InChI=1S/C23H20Cl2N6O3/c24-17-9-30-10-18(25)20(17)22(29)33-14-1-2-19(27)16(6-14)21(28)13-5-12(7-26)23(31-8-13)34-15-3-4-32-11-15/h1-2,5-6,8-10,15,22,28H,3-4,11,27,29H2/t15-,22-/m0/s1. The van der Waals surface area contributed by atoms with Crippen molar-refractivity contribution in [1.82, 2.24) is 9.97 Å². The summed E-state index contributed by atoms with van der Waals surface area (Å²) >= 11 is 12.3. The van der Waals surface area contributed by atoms with Crippen LogP contribution >= 0.6 is 23.2 Å². The van der Waals surface area contributed by atoms with E-state index in [2.05, 4.69) is 16.0 Å². The van der Waals surface area contributed by atoms with Crippen molar-refractivity contribution in [3.05, 3.63) is 75.2 Å². The van der Waals surface area contributed by atoms with E-state index in [9.17, 15) is 5.26 Å². The Labute approximate surface area is 205 Å². The van der Waals surface area contributed by atoms with Crippen LogP contribution in [0.5, 0.6) is 11.6 Å².